The lowest BCUT2D eigenvalue weighted by molar-refractivity contribution is -0.137. The topological polar surface area (TPSA) is 20.3 Å². The maximum absolute atomic E-state index is 12.4. The molecule has 5 heteroatoms. The first-order valence-corrected chi connectivity index (χ1v) is 6.23. The third-order valence-electron chi connectivity index (χ3n) is 3.49. The minimum Gasteiger partial charge on any atom is -0.305 e. The Morgan fingerprint density at radius 3 is 2.47 bits per heavy atom. The second-order valence-electron chi connectivity index (χ2n) is 5.07. The molecule has 1 aromatic rings. The Labute approximate surface area is 110 Å². The molecule has 1 aliphatic heterocycles. The Balaban J connectivity index is 2.05. The van der Waals surface area contributed by atoms with Crippen molar-refractivity contribution in [2.75, 3.05) is 20.1 Å². The average molecular weight is 271 g/mol. The predicted octanol–water partition coefficient (Wildman–Crippen LogP) is 2.77. The van der Waals surface area contributed by atoms with Crippen LogP contribution in [0, 0.1) is 5.92 Å². The van der Waals surface area contributed by atoms with Crippen LogP contribution in [0.25, 0.3) is 0 Å². The van der Waals surface area contributed by atoms with E-state index < -0.39 is 11.7 Å². The van der Waals surface area contributed by atoms with E-state index in [4.69, 9.17) is 0 Å². The number of hydrogen-bond acceptors (Lipinski definition) is 2. The molecule has 1 heterocycles. The number of ketones is 1. The van der Waals surface area contributed by atoms with Crippen LogP contribution in [0.2, 0.25) is 0 Å². The van der Waals surface area contributed by atoms with E-state index in [-0.39, 0.29) is 11.7 Å². The molecule has 1 atom stereocenters. The molecule has 1 aromatic carbocycles. The van der Waals surface area contributed by atoms with Gasteiger partial charge in [0, 0.05) is 25.4 Å². The normalized spacial score (nSPS) is 21.7. The smallest absolute Gasteiger partial charge is 0.305 e. The summed E-state index contributed by atoms with van der Waals surface area (Å²) in [6.45, 7) is 1.45. The molecule has 1 saturated heterocycles. The molecule has 0 bridgehead atoms. The minimum atomic E-state index is -4.31. The molecular formula is C14H16F3NO. The van der Waals surface area contributed by atoms with Crippen LogP contribution in [0.4, 0.5) is 13.2 Å². The van der Waals surface area contributed by atoms with Crippen molar-refractivity contribution in [3.8, 4) is 0 Å². The summed E-state index contributed by atoms with van der Waals surface area (Å²) in [4.78, 5) is 13.8. The van der Waals surface area contributed by atoms with E-state index in [0.717, 1.165) is 24.2 Å². The van der Waals surface area contributed by atoms with Gasteiger partial charge >= 0.3 is 6.18 Å². The standard InChI is InChI=1S/C14H16F3NO/c1-18-7-6-13(19)11(9-18)8-10-2-4-12(5-3-10)14(15,16)17/h2-5,11H,6-9H2,1H3. The highest BCUT2D eigenvalue weighted by Crippen LogP contribution is 2.29. The third-order valence-corrected chi connectivity index (χ3v) is 3.49. The third kappa shape index (κ3) is 3.56. The van der Waals surface area contributed by atoms with Gasteiger partial charge in [0.1, 0.15) is 5.78 Å². The summed E-state index contributed by atoms with van der Waals surface area (Å²) in [5.74, 6) is 0.105. The number of rotatable bonds is 2. The summed E-state index contributed by atoms with van der Waals surface area (Å²) in [6, 6.07) is 5.08. The van der Waals surface area contributed by atoms with Gasteiger partial charge in [0.05, 0.1) is 5.56 Å². The lowest BCUT2D eigenvalue weighted by atomic mass is 9.90. The van der Waals surface area contributed by atoms with Crippen molar-refractivity contribution in [1.82, 2.24) is 4.90 Å². The average Bonchev–Trinajstić information content (AvgIpc) is 2.33. The van der Waals surface area contributed by atoms with E-state index in [1.807, 2.05) is 7.05 Å². The van der Waals surface area contributed by atoms with Gasteiger partial charge in [-0.25, -0.2) is 0 Å². The van der Waals surface area contributed by atoms with Crippen molar-refractivity contribution in [3.05, 3.63) is 35.4 Å². The lowest BCUT2D eigenvalue weighted by Crippen LogP contribution is -2.39. The summed E-state index contributed by atoms with van der Waals surface area (Å²) in [5, 5.41) is 0. The summed E-state index contributed by atoms with van der Waals surface area (Å²) < 4.78 is 37.3. The monoisotopic (exact) mass is 271 g/mol. The van der Waals surface area contributed by atoms with E-state index >= 15 is 0 Å². The maximum Gasteiger partial charge on any atom is 0.416 e. The predicted molar refractivity (Wildman–Crippen MR) is 65.8 cm³/mol. The molecule has 0 N–H and O–H groups in total. The highest BCUT2D eigenvalue weighted by Gasteiger charge is 2.30. The van der Waals surface area contributed by atoms with Crippen LogP contribution in [0.5, 0.6) is 0 Å². The van der Waals surface area contributed by atoms with E-state index in [9.17, 15) is 18.0 Å². The Kier molecular flexibility index (Phi) is 3.94. The zero-order valence-electron chi connectivity index (χ0n) is 10.7. The molecule has 0 amide bonds. The number of carbonyl (C=O) groups is 1. The summed E-state index contributed by atoms with van der Waals surface area (Å²) in [7, 11) is 1.95. The van der Waals surface area contributed by atoms with E-state index in [0.29, 0.717) is 19.4 Å². The SMILES string of the molecule is CN1CCC(=O)C(Cc2ccc(C(F)(F)F)cc2)C1. The molecule has 1 unspecified atom stereocenters. The molecule has 2 nitrogen and oxygen atoms in total. The zero-order chi connectivity index (χ0) is 14.0. The van der Waals surface area contributed by atoms with Gasteiger partial charge in [-0.3, -0.25) is 4.79 Å². The molecule has 0 aromatic heterocycles. The van der Waals surface area contributed by atoms with Gasteiger partial charge in [-0.15, -0.1) is 0 Å². The van der Waals surface area contributed by atoms with Crippen LogP contribution in [-0.4, -0.2) is 30.8 Å². The number of hydrogen-bond donors (Lipinski definition) is 0. The van der Waals surface area contributed by atoms with Crippen LogP contribution in [0.1, 0.15) is 17.5 Å². The van der Waals surface area contributed by atoms with Crippen LogP contribution >= 0.6 is 0 Å². The van der Waals surface area contributed by atoms with Gasteiger partial charge in [-0.05, 0) is 31.2 Å². The van der Waals surface area contributed by atoms with E-state index in [2.05, 4.69) is 4.90 Å². The highest BCUT2D eigenvalue weighted by atomic mass is 19.4. The van der Waals surface area contributed by atoms with Gasteiger partial charge in [-0.1, -0.05) is 12.1 Å². The van der Waals surface area contributed by atoms with Crippen molar-refractivity contribution in [2.24, 2.45) is 5.92 Å². The number of nitrogens with zero attached hydrogens (tertiary/aromatic N) is 1. The first-order valence-electron chi connectivity index (χ1n) is 6.23. The Morgan fingerprint density at radius 2 is 1.89 bits per heavy atom. The molecular weight excluding hydrogens is 255 g/mol. The largest absolute Gasteiger partial charge is 0.416 e. The van der Waals surface area contributed by atoms with E-state index in [1.54, 1.807) is 0 Å². The molecule has 0 radical (unpaired) electrons. The van der Waals surface area contributed by atoms with Crippen LogP contribution in [0.3, 0.4) is 0 Å². The Hall–Kier alpha value is -1.36. The van der Waals surface area contributed by atoms with Gasteiger partial charge in [0.2, 0.25) is 0 Å². The summed E-state index contributed by atoms with van der Waals surface area (Å²) in [6.07, 6.45) is -3.26. The van der Waals surface area contributed by atoms with Gasteiger partial charge < -0.3 is 4.90 Å². The fourth-order valence-electron chi connectivity index (χ4n) is 2.37. The number of Topliss-reactive ketones (excluding diaryl/α,β-unsaturated/α-hetero) is 1. The van der Waals surface area contributed by atoms with Gasteiger partial charge in [0.15, 0.2) is 0 Å². The fraction of sp³-hybridized carbons (Fsp3) is 0.500. The number of carbonyl (C=O) groups excluding carboxylic acids is 1. The lowest BCUT2D eigenvalue weighted by Gasteiger charge is -2.28. The molecule has 0 saturated carbocycles. The molecule has 1 fully saturated rings. The van der Waals surface area contributed by atoms with Crippen molar-refractivity contribution in [1.29, 1.82) is 0 Å². The number of likely N-dealkylation sites (tertiary alicyclic amines) is 1. The Bertz CT molecular complexity index is 453. The number of benzene rings is 1. The summed E-state index contributed by atoms with van der Waals surface area (Å²) >= 11 is 0. The number of piperidine rings is 1. The first kappa shape index (κ1) is 14.1. The number of halogens is 3. The highest BCUT2D eigenvalue weighted by molar-refractivity contribution is 5.82. The van der Waals surface area contributed by atoms with Crippen LogP contribution < -0.4 is 0 Å². The van der Waals surface area contributed by atoms with Crippen molar-refractivity contribution < 1.29 is 18.0 Å². The quantitative estimate of drug-likeness (QED) is 0.824. The molecule has 1 aliphatic rings. The van der Waals surface area contributed by atoms with Crippen molar-refractivity contribution in [3.63, 3.8) is 0 Å². The summed E-state index contributed by atoms with van der Waals surface area (Å²) in [5.41, 5.74) is 0.130. The zero-order valence-corrected chi connectivity index (χ0v) is 10.7. The molecule has 104 valence electrons. The van der Waals surface area contributed by atoms with E-state index in [1.165, 1.54) is 12.1 Å². The first-order chi connectivity index (χ1) is 8.86. The molecule has 2 rings (SSSR count). The van der Waals surface area contributed by atoms with Gasteiger partial charge in [-0.2, -0.15) is 13.2 Å². The van der Waals surface area contributed by atoms with Crippen LogP contribution in [-0.2, 0) is 17.4 Å². The van der Waals surface area contributed by atoms with Gasteiger partial charge in [0.25, 0.3) is 0 Å². The second kappa shape index (κ2) is 5.33. The molecule has 0 spiro atoms. The second-order valence-corrected chi connectivity index (χ2v) is 5.07. The van der Waals surface area contributed by atoms with Crippen molar-refractivity contribution in [2.45, 2.75) is 19.0 Å². The van der Waals surface area contributed by atoms with Crippen LogP contribution in [0.15, 0.2) is 24.3 Å². The molecule has 19 heavy (non-hydrogen) atoms. The minimum absolute atomic E-state index is 0.101. The number of alkyl halides is 3. The Morgan fingerprint density at radius 1 is 1.26 bits per heavy atom. The molecule has 0 aliphatic carbocycles. The fourth-order valence-corrected chi connectivity index (χ4v) is 2.37. The van der Waals surface area contributed by atoms with Crippen molar-refractivity contribution >= 4 is 5.78 Å². The maximum atomic E-state index is 12.4.